The molecule has 0 unspecified atom stereocenters. The van der Waals surface area contributed by atoms with Crippen LogP contribution >= 0.6 is 23.1 Å². The second-order valence-corrected chi connectivity index (χ2v) is 7.95. The number of amides is 1. The third kappa shape index (κ3) is 3.22. The second-order valence-electron chi connectivity index (χ2n) is 6.19. The highest BCUT2D eigenvalue weighted by Crippen LogP contribution is 2.39. The molecule has 2 aromatic carbocycles. The summed E-state index contributed by atoms with van der Waals surface area (Å²) in [5, 5.41) is 2.07. The zero-order valence-electron chi connectivity index (χ0n) is 14.5. The van der Waals surface area contributed by atoms with Gasteiger partial charge in [-0.3, -0.25) is 4.79 Å². The number of nitrogens with zero attached hydrogens (tertiary/aromatic N) is 1. The lowest BCUT2D eigenvalue weighted by molar-refractivity contribution is -0.127. The maximum Gasteiger partial charge on any atom is 0.261 e. The van der Waals surface area contributed by atoms with Crippen LogP contribution in [0.25, 0.3) is 5.57 Å². The van der Waals surface area contributed by atoms with E-state index in [9.17, 15) is 4.79 Å². The van der Waals surface area contributed by atoms with Gasteiger partial charge in [0.15, 0.2) is 0 Å². The van der Waals surface area contributed by atoms with Crippen LogP contribution in [-0.4, -0.2) is 17.1 Å². The number of rotatable bonds is 4. The summed E-state index contributed by atoms with van der Waals surface area (Å²) in [5.74, 6) is 0.112. The van der Waals surface area contributed by atoms with Crippen molar-refractivity contribution in [2.24, 2.45) is 0 Å². The Bertz CT molecular complexity index is 945. The van der Waals surface area contributed by atoms with Crippen molar-refractivity contribution >= 4 is 34.6 Å². The highest BCUT2D eigenvalue weighted by molar-refractivity contribution is 8.03. The smallest absolute Gasteiger partial charge is 0.261 e. The van der Waals surface area contributed by atoms with Crippen molar-refractivity contribution in [2.75, 3.05) is 6.26 Å². The van der Waals surface area contributed by atoms with Crippen molar-refractivity contribution in [3.8, 4) is 0 Å². The average Bonchev–Trinajstić information content (AvgIpc) is 3.17. The largest absolute Gasteiger partial charge is 0.330 e. The highest BCUT2D eigenvalue weighted by Gasteiger charge is 2.29. The molecule has 1 aliphatic heterocycles. The lowest BCUT2D eigenvalue weighted by atomic mass is 9.99. The summed E-state index contributed by atoms with van der Waals surface area (Å²) in [7, 11) is 0. The summed E-state index contributed by atoms with van der Waals surface area (Å²) >= 11 is 3.23. The summed E-state index contributed by atoms with van der Waals surface area (Å²) in [6, 6.07) is 22.7. The second kappa shape index (κ2) is 7.52. The molecule has 3 aromatic rings. The van der Waals surface area contributed by atoms with E-state index < -0.39 is 0 Å². The summed E-state index contributed by atoms with van der Waals surface area (Å²) in [5.41, 5.74) is 4.59. The number of benzene rings is 2. The van der Waals surface area contributed by atoms with E-state index in [1.165, 1.54) is 11.1 Å². The zero-order chi connectivity index (χ0) is 17.9. The topological polar surface area (TPSA) is 20.3 Å². The van der Waals surface area contributed by atoms with Gasteiger partial charge in [0.25, 0.3) is 5.91 Å². The van der Waals surface area contributed by atoms with Crippen LogP contribution in [-0.2, 0) is 17.9 Å². The quantitative estimate of drug-likeness (QED) is 0.606. The predicted octanol–water partition coefficient (Wildman–Crippen LogP) is 5.41. The van der Waals surface area contributed by atoms with Gasteiger partial charge in [0.05, 0.1) is 4.91 Å². The van der Waals surface area contributed by atoms with Crippen molar-refractivity contribution < 1.29 is 4.79 Å². The summed E-state index contributed by atoms with van der Waals surface area (Å²) in [4.78, 5) is 17.3. The Balaban J connectivity index is 1.85. The molecule has 0 atom stereocenters. The highest BCUT2D eigenvalue weighted by atomic mass is 32.2. The van der Waals surface area contributed by atoms with E-state index in [1.807, 2.05) is 35.4 Å². The Kier molecular flexibility index (Phi) is 4.96. The normalized spacial score (nSPS) is 14.3. The molecule has 1 amide bonds. The molecule has 0 aliphatic carbocycles. The van der Waals surface area contributed by atoms with Crippen LogP contribution < -0.4 is 0 Å². The number of thiophene rings is 1. The van der Waals surface area contributed by atoms with Gasteiger partial charge in [0.2, 0.25) is 0 Å². The Hall–Kier alpha value is -2.30. The molecular weight excluding hydrogens is 358 g/mol. The number of carbonyl (C=O) groups excluding carboxylic acids is 1. The number of carbonyl (C=O) groups is 1. The fourth-order valence-electron chi connectivity index (χ4n) is 3.34. The molecule has 0 spiro atoms. The van der Waals surface area contributed by atoms with E-state index in [1.54, 1.807) is 23.1 Å². The molecule has 2 nitrogen and oxygen atoms in total. The van der Waals surface area contributed by atoms with E-state index in [4.69, 9.17) is 0 Å². The predicted molar refractivity (Wildman–Crippen MR) is 111 cm³/mol. The van der Waals surface area contributed by atoms with Crippen molar-refractivity contribution in [3.05, 3.63) is 98.6 Å². The first-order valence-electron chi connectivity index (χ1n) is 8.51. The number of thioether (sulfide) groups is 1. The minimum Gasteiger partial charge on any atom is -0.330 e. The van der Waals surface area contributed by atoms with Crippen molar-refractivity contribution in [1.82, 2.24) is 4.90 Å². The minimum atomic E-state index is 0.112. The van der Waals surface area contributed by atoms with Gasteiger partial charge in [-0.2, -0.15) is 0 Å². The van der Waals surface area contributed by atoms with Crippen LogP contribution in [0.15, 0.2) is 77.0 Å². The van der Waals surface area contributed by atoms with Crippen molar-refractivity contribution in [2.45, 2.75) is 13.1 Å². The summed E-state index contributed by atoms with van der Waals surface area (Å²) in [6.07, 6.45) is 2.00. The van der Waals surface area contributed by atoms with Crippen LogP contribution in [0.1, 0.15) is 21.6 Å². The molecule has 26 heavy (non-hydrogen) atoms. The fourth-order valence-corrected chi connectivity index (χ4v) is 4.92. The Morgan fingerprint density at radius 3 is 2.50 bits per heavy atom. The fraction of sp³-hybridized carbons (Fsp3) is 0.136. The van der Waals surface area contributed by atoms with Gasteiger partial charge in [0.1, 0.15) is 0 Å². The Labute approximate surface area is 162 Å². The molecule has 0 bridgehead atoms. The molecule has 130 valence electrons. The first-order chi connectivity index (χ1) is 12.8. The number of fused-ring (bicyclic) bond motifs is 1. The molecule has 1 aromatic heterocycles. The van der Waals surface area contributed by atoms with E-state index in [0.717, 1.165) is 20.9 Å². The third-order valence-electron chi connectivity index (χ3n) is 4.54. The van der Waals surface area contributed by atoms with Gasteiger partial charge >= 0.3 is 0 Å². The molecule has 0 radical (unpaired) electrons. The molecule has 2 heterocycles. The first-order valence-corrected chi connectivity index (χ1v) is 10.6. The SMILES string of the molecule is CSC1=C(c2cccs2)c2ccccc2CN(Cc2ccccc2)C1=O. The minimum absolute atomic E-state index is 0.112. The van der Waals surface area contributed by atoms with E-state index in [0.29, 0.717) is 13.1 Å². The lowest BCUT2D eigenvalue weighted by Crippen LogP contribution is -2.29. The summed E-state index contributed by atoms with van der Waals surface area (Å²) in [6.45, 7) is 1.25. The molecule has 1 aliphatic rings. The number of hydrogen-bond acceptors (Lipinski definition) is 3. The monoisotopic (exact) mass is 377 g/mol. The van der Waals surface area contributed by atoms with Crippen LogP contribution in [0, 0.1) is 0 Å². The average molecular weight is 378 g/mol. The van der Waals surface area contributed by atoms with Gasteiger partial charge in [0, 0.05) is 23.5 Å². The lowest BCUT2D eigenvalue weighted by Gasteiger charge is -2.22. The molecule has 0 N–H and O–H groups in total. The molecule has 0 saturated carbocycles. The molecule has 0 saturated heterocycles. The Morgan fingerprint density at radius 2 is 1.77 bits per heavy atom. The van der Waals surface area contributed by atoms with Crippen molar-refractivity contribution in [3.63, 3.8) is 0 Å². The van der Waals surface area contributed by atoms with Gasteiger partial charge in [-0.05, 0) is 34.4 Å². The zero-order valence-corrected chi connectivity index (χ0v) is 16.1. The molecular formula is C22H19NOS2. The maximum absolute atomic E-state index is 13.4. The van der Waals surface area contributed by atoms with E-state index in [2.05, 4.69) is 47.8 Å². The number of hydrogen-bond donors (Lipinski definition) is 0. The van der Waals surface area contributed by atoms with Gasteiger partial charge in [-0.15, -0.1) is 23.1 Å². The van der Waals surface area contributed by atoms with Gasteiger partial charge in [-0.1, -0.05) is 60.7 Å². The maximum atomic E-state index is 13.4. The molecule has 4 rings (SSSR count). The van der Waals surface area contributed by atoms with E-state index in [-0.39, 0.29) is 5.91 Å². The van der Waals surface area contributed by atoms with Crippen LogP contribution in [0.2, 0.25) is 0 Å². The van der Waals surface area contributed by atoms with E-state index >= 15 is 0 Å². The van der Waals surface area contributed by atoms with Gasteiger partial charge < -0.3 is 4.90 Å². The summed E-state index contributed by atoms with van der Waals surface area (Å²) < 4.78 is 0. The molecule has 0 fully saturated rings. The van der Waals surface area contributed by atoms with Crippen LogP contribution in [0.3, 0.4) is 0 Å². The van der Waals surface area contributed by atoms with Gasteiger partial charge in [-0.25, -0.2) is 0 Å². The molecule has 4 heteroatoms. The van der Waals surface area contributed by atoms with Crippen LogP contribution in [0.5, 0.6) is 0 Å². The van der Waals surface area contributed by atoms with Crippen molar-refractivity contribution in [1.29, 1.82) is 0 Å². The first kappa shape index (κ1) is 17.1. The Morgan fingerprint density at radius 1 is 1.00 bits per heavy atom. The third-order valence-corrected chi connectivity index (χ3v) is 6.22. The standard InChI is InChI=1S/C22H19NOS2/c1-25-21-20(19-12-7-13-26-19)18-11-6-5-10-17(18)15-23(22(21)24)14-16-8-3-2-4-9-16/h2-13H,14-15H2,1H3. The van der Waals surface area contributed by atoms with Crippen LogP contribution in [0.4, 0.5) is 0 Å².